The number of nitrogens with zero attached hydrogens (tertiary/aromatic N) is 1. The van der Waals surface area contributed by atoms with Gasteiger partial charge in [0.15, 0.2) is 0 Å². The molecular formula is C25H31N7O9. The number of carbonyl (C=O) groups excluding carboxylic acids is 2. The predicted octanol–water partition coefficient (Wildman–Crippen LogP) is -0.554. The molecule has 3 rings (SSSR count). The number of aromatic nitrogens is 2. The van der Waals surface area contributed by atoms with Gasteiger partial charge in [0.2, 0.25) is 11.9 Å². The van der Waals surface area contributed by atoms with Crippen LogP contribution in [0.15, 0.2) is 29.1 Å². The molecule has 1 aromatic heterocycles. The second kappa shape index (κ2) is 13.8. The van der Waals surface area contributed by atoms with E-state index in [9.17, 15) is 33.9 Å². The van der Waals surface area contributed by atoms with Gasteiger partial charge in [-0.3, -0.25) is 24.2 Å². The van der Waals surface area contributed by atoms with Crippen molar-refractivity contribution in [1.82, 2.24) is 20.6 Å². The van der Waals surface area contributed by atoms with Gasteiger partial charge in [-0.1, -0.05) is 0 Å². The Morgan fingerprint density at radius 2 is 1.61 bits per heavy atom. The number of H-pyrrole nitrogens is 1. The molecule has 16 heteroatoms. The second-order valence-electron chi connectivity index (χ2n) is 9.48. The summed E-state index contributed by atoms with van der Waals surface area (Å²) in [4.78, 5) is 77.0. The van der Waals surface area contributed by atoms with E-state index in [1.807, 2.05) is 0 Å². The van der Waals surface area contributed by atoms with Gasteiger partial charge in [-0.25, -0.2) is 9.59 Å². The quantitative estimate of drug-likeness (QED) is 0.137. The number of aliphatic carboxylic acids is 3. The van der Waals surface area contributed by atoms with Crippen LogP contribution in [0.25, 0.3) is 0 Å². The highest BCUT2D eigenvalue weighted by molar-refractivity contribution is 5.97. The average Bonchev–Trinajstić information content (AvgIpc) is 2.91. The SMILES string of the molecule is Nc1nc2c(c(=O)[nH]1)C[C@@H](CNc1ccc(C(=O)N[C@@H](CCC(=O)N[C@@H](CCC(=O)O)C(=O)O)C(=O)O)cc1)CN2. The van der Waals surface area contributed by atoms with Crippen molar-refractivity contribution in [2.75, 3.05) is 29.5 Å². The van der Waals surface area contributed by atoms with Crippen molar-refractivity contribution in [2.45, 2.75) is 44.2 Å². The fraction of sp³-hybridized carbons (Fsp3) is 0.400. The minimum Gasteiger partial charge on any atom is -0.481 e. The minimum atomic E-state index is -1.44. The highest BCUT2D eigenvalue weighted by Crippen LogP contribution is 2.21. The van der Waals surface area contributed by atoms with Crippen LogP contribution in [0.3, 0.4) is 0 Å². The first-order valence-electron chi connectivity index (χ1n) is 12.7. The Labute approximate surface area is 232 Å². The number of rotatable bonds is 14. The van der Waals surface area contributed by atoms with E-state index in [0.717, 1.165) is 0 Å². The van der Waals surface area contributed by atoms with Crippen LogP contribution in [0.2, 0.25) is 0 Å². The molecule has 1 aliphatic rings. The summed E-state index contributed by atoms with van der Waals surface area (Å²) in [6, 6.07) is 3.40. The van der Waals surface area contributed by atoms with Crippen molar-refractivity contribution in [2.24, 2.45) is 5.92 Å². The minimum absolute atomic E-state index is 0.0426. The van der Waals surface area contributed by atoms with Crippen molar-refractivity contribution >= 4 is 47.2 Å². The molecule has 0 aliphatic carbocycles. The zero-order chi connectivity index (χ0) is 30.1. The van der Waals surface area contributed by atoms with Gasteiger partial charge < -0.3 is 42.3 Å². The van der Waals surface area contributed by atoms with E-state index in [1.165, 1.54) is 12.1 Å². The monoisotopic (exact) mass is 573 g/mol. The number of benzene rings is 1. The molecule has 16 nitrogen and oxygen atoms in total. The number of hydrogen-bond acceptors (Lipinski definition) is 10. The summed E-state index contributed by atoms with van der Waals surface area (Å²) in [5.74, 6) is -4.91. The van der Waals surface area contributed by atoms with Crippen molar-refractivity contribution in [3.63, 3.8) is 0 Å². The lowest BCUT2D eigenvalue weighted by Crippen LogP contribution is -2.44. The van der Waals surface area contributed by atoms with Gasteiger partial charge in [-0.05, 0) is 49.4 Å². The van der Waals surface area contributed by atoms with Gasteiger partial charge in [0.25, 0.3) is 11.5 Å². The molecular weight excluding hydrogens is 542 g/mol. The molecule has 0 spiro atoms. The lowest BCUT2D eigenvalue weighted by Gasteiger charge is -2.25. The Morgan fingerprint density at radius 1 is 0.976 bits per heavy atom. The Kier molecular flexibility index (Phi) is 10.2. The molecule has 0 fully saturated rings. The third kappa shape index (κ3) is 8.94. The molecule has 0 saturated heterocycles. The predicted molar refractivity (Wildman–Crippen MR) is 144 cm³/mol. The molecule has 1 aromatic carbocycles. The number of nitrogens with one attached hydrogen (secondary N) is 5. The number of hydrogen-bond donors (Lipinski definition) is 9. The maximum atomic E-state index is 12.6. The number of carboxylic acids is 3. The van der Waals surface area contributed by atoms with Gasteiger partial charge in [-0.2, -0.15) is 4.98 Å². The van der Waals surface area contributed by atoms with Crippen LogP contribution in [0.4, 0.5) is 17.5 Å². The number of nitrogen functional groups attached to an aromatic ring is 1. The van der Waals surface area contributed by atoms with Gasteiger partial charge >= 0.3 is 17.9 Å². The summed E-state index contributed by atoms with van der Waals surface area (Å²) in [5, 5.41) is 38.1. The number of carbonyl (C=O) groups is 5. The Hall–Kier alpha value is -5.15. The van der Waals surface area contributed by atoms with Crippen LogP contribution in [-0.4, -0.2) is 80.2 Å². The van der Waals surface area contributed by atoms with Gasteiger partial charge in [0.1, 0.15) is 17.9 Å². The van der Waals surface area contributed by atoms with Crippen LogP contribution in [0, 0.1) is 5.92 Å². The van der Waals surface area contributed by atoms with E-state index in [4.69, 9.17) is 15.9 Å². The lowest BCUT2D eigenvalue weighted by atomic mass is 9.96. The zero-order valence-electron chi connectivity index (χ0n) is 21.8. The topological polar surface area (TPSA) is 266 Å². The zero-order valence-corrected chi connectivity index (χ0v) is 21.8. The summed E-state index contributed by atoms with van der Waals surface area (Å²) in [6.45, 7) is 1.09. The van der Waals surface area contributed by atoms with Gasteiger partial charge in [0.05, 0.1) is 5.56 Å². The molecule has 0 radical (unpaired) electrons. The smallest absolute Gasteiger partial charge is 0.326 e. The Morgan fingerprint density at radius 3 is 2.24 bits per heavy atom. The summed E-state index contributed by atoms with van der Waals surface area (Å²) in [5.41, 5.74) is 6.67. The molecule has 1 aliphatic heterocycles. The molecule has 0 saturated carbocycles. The number of aromatic amines is 1. The van der Waals surface area contributed by atoms with Crippen LogP contribution in [0.5, 0.6) is 0 Å². The van der Waals surface area contributed by atoms with Crippen molar-refractivity contribution in [3.05, 3.63) is 45.7 Å². The van der Waals surface area contributed by atoms with E-state index < -0.39 is 54.6 Å². The lowest BCUT2D eigenvalue weighted by molar-refractivity contribution is -0.143. The molecule has 220 valence electrons. The summed E-state index contributed by atoms with van der Waals surface area (Å²) >= 11 is 0. The third-order valence-electron chi connectivity index (χ3n) is 6.37. The van der Waals surface area contributed by atoms with E-state index in [2.05, 4.69) is 31.2 Å². The molecule has 3 atom stereocenters. The number of nitrogens with two attached hydrogens (primary N) is 1. The molecule has 2 aromatic rings. The van der Waals surface area contributed by atoms with Crippen molar-refractivity contribution < 1.29 is 39.3 Å². The largest absolute Gasteiger partial charge is 0.481 e. The summed E-state index contributed by atoms with van der Waals surface area (Å²) in [6.07, 6.45) is -1.04. The van der Waals surface area contributed by atoms with Crippen LogP contribution in [0.1, 0.15) is 41.6 Å². The number of fused-ring (bicyclic) bond motifs is 1. The maximum absolute atomic E-state index is 12.6. The van der Waals surface area contributed by atoms with Gasteiger partial charge in [-0.15, -0.1) is 0 Å². The van der Waals surface area contributed by atoms with Crippen molar-refractivity contribution in [1.29, 1.82) is 0 Å². The number of carboxylic acid groups (broad SMARTS) is 3. The highest BCUT2D eigenvalue weighted by Gasteiger charge is 2.25. The molecule has 2 heterocycles. The molecule has 10 N–H and O–H groups in total. The molecule has 0 unspecified atom stereocenters. The standard InChI is InChI=1S/C25H31N7O9/c26-25-31-20-15(22(37)32-25)9-12(11-28-20)10-27-14-3-1-13(2-4-14)21(36)30-17(24(40)41)5-7-18(33)29-16(23(38)39)6-8-19(34)35/h1-4,12,16-17,27H,5-11H2,(H,29,33)(H,30,36)(H,34,35)(H,38,39)(H,40,41)(H4,26,28,31,32,37)/t12-,16-,17-/m0/s1. The van der Waals surface area contributed by atoms with Gasteiger partial charge in [0, 0.05) is 37.2 Å². The van der Waals surface area contributed by atoms with Crippen LogP contribution >= 0.6 is 0 Å². The second-order valence-corrected chi connectivity index (χ2v) is 9.48. The number of anilines is 3. The van der Waals surface area contributed by atoms with Crippen LogP contribution in [-0.2, 0) is 25.6 Å². The Balaban J connectivity index is 1.49. The normalized spacial score (nSPS) is 15.4. The van der Waals surface area contributed by atoms with E-state index in [0.29, 0.717) is 36.6 Å². The maximum Gasteiger partial charge on any atom is 0.326 e. The van der Waals surface area contributed by atoms with Crippen LogP contribution < -0.4 is 32.6 Å². The molecule has 2 amide bonds. The molecule has 41 heavy (non-hydrogen) atoms. The van der Waals surface area contributed by atoms with E-state index in [1.54, 1.807) is 12.1 Å². The third-order valence-corrected chi connectivity index (χ3v) is 6.37. The van der Waals surface area contributed by atoms with E-state index >= 15 is 0 Å². The Bertz CT molecular complexity index is 1360. The average molecular weight is 574 g/mol. The fourth-order valence-corrected chi connectivity index (χ4v) is 4.16. The first-order chi connectivity index (χ1) is 19.4. The molecule has 0 bridgehead atoms. The highest BCUT2D eigenvalue weighted by atomic mass is 16.4. The number of amides is 2. The first kappa shape index (κ1) is 30.4. The summed E-state index contributed by atoms with van der Waals surface area (Å²) in [7, 11) is 0. The fourth-order valence-electron chi connectivity index (χ4n) is 4.16. The van der Waals surface area contributed by atoms with Crippen molar-refractivity contribution in [3.8, 4) is 0 Å². The first-order valence-corrected chi connectivity index (χ1v) is 12.7. The summed E-state index contributed by atoms with van der Waals surface area (Å²) < 4.78 is 0. The van der Waals surface area contributed by atoms with E-state index in [-0.39, 0.29) is 35.8 Å².